The Hall–Kier alpha value is -1.35. The van der Waals surface area contributed by atoms with Gasteiger partial charge in [-0.2, -0.15) is 0 Å². The van der Waals surface area contributed by atoms with Crippen molar-refractivity contribution >= 4 is 12.4 Å². The zero-order valence-corrected chi connectivity index (χ0v) is 14.4. The van der Waals surface area contributed by atoms with Crippen LogP contribution in [0.4, 0.5) is 0 Å². The lowest BCUT2D eigenvalue weighted by Crippen LogP contribution is -2.37. The molecule has 0 aliphatic carbocycles. The van der Waals surface area contributed by atoms with E-state index < -0.39 is 0 Å². The van der Waals surface area contributed by atoms with Gasteiger partial charge in [-0.05, 0) is 44.6 Å². The first-order chi connectivity index (χ1) is 10.2. The molecule has 0 aromatic heterocycles. The molecule has 0 spiro atoms. The first-order valence-corrected chi connectivity index (χ1v) is 7.65. The zero-order chi connectivity index (χ0) is 15.1. The maximum atomic E-state index is 6.28. The Labute approximate surface area is 140 Å². The minimum absolute atomic E-state index is 0. The Morgan fingerprint density at radius 1 is 0.864 bits per heavy atom. The van der Waals surface area contributed by atoms with Gasteiger partial charge < -0.3 is 10.6 Å². The zero-order valence-electron chi connectivity index (χ0n) is 13.5. The molecule has 0 unspecified atom stereocenters. The van der Waals surface area contributed by atoms with Crippen molar-refractivity contribution in [1.29, 1.82) is 0 Å². The number of halogens is 1. The maximum Gasteiger partial charge on any atom is 0.0325 e. The quantitative estimate of drug-likeness (QED) is 0.843. The summed E-state index contributed by atoms with van der Waals surface area (Å²) in [4.78, 5) is 2.23. The maximum absolute atomic E-state index is 6.28. The first kappa shape index (κ1) is 18.7. The molecule has 0 saturated heterocycles. The highest BCUT2D eigenvalue weighted by Gasteiger charge is 2.32. The fraction of sp³-hybridized carbons (Fsp3) is 0.368. The molecule has 0 aliphatic rings. The summed E-state index contributed by atoms with van der Waals surface area (Å²) in [5, 5.41) is 0. The van der Waals surface area contributed by atoms with Crippen LogP contribution in [0.5, 0.6) is 0 Å². The highest BCUT2D eigenvalue weighted by Crippen LogP contribution is 2.35. The average molecular weight is 319 g/mol. The van der Waals surface area contributed by atoms with Crippen molar-refractivity contribution in [1.82, 2.24) is 4.90 Å². The van der Waals surface area contributed by atoms with Gasteiger partial charge >= 0.3 is 0 Å². The van der Waals surface area contributed by atoms with Crippen LogP contribution in [0.15, 0.2) is 60.7 Å². The van der Waals surface area contributed by atoms with Gasteiger partial charge in [-0.1, -0.05) is 60.7 Å². The fourth-order valence-electron chi connectivity index (χ4n) is 3.00. The smallest absolute Gasteiger partial charge is 0.0325 e. The van der Waals surface area contributed by atoms with Crippen LogP contribution in [-0.2, 0) is 5.41 Å². The van der Waals surface area contributed by atoms with Gasteiger partial charge in [0.25, 0.3) is 0 Å². The lowest BCUT2D eigenvalue weighted by molar-refractivity contribution is 0.362. The third-order valence-corrected chi connectivity index (χ3v) is 4.21. The Morgan fingerprint density at radius 2 is 1.32 bits per heavy atom. The lowest BCUT2D eigenvalue weighted by atomic mass is 9.71. The van der Waals surface area contributed by atoms with Crippen molar-refractivity contribution in [2.24, 2.45) is 5.73 Å². The molecule has 120 valence electrons. The second kappa shape index (κ2) is 8.94. The normalized spacial score (nSPS) is 11.3. The molecule has 2 rings (SSSR count). The predicted octanol–water partition coefficient (Wildman–Crippen LogP) is 3.70. The van der Waals surface area contributed by atoms with E-state index in [1.165, 1.54) is 11.1 Å². The van der Waals surface area contributed by atoms with Gasteiger partial charge in [-0.15, -0.1) is 12.4 Å². The van der Waals surface area contributed by atoms with E-state index in [4.69, 9.17) is 5.73 Å². The van der Waals surface area contributed by atoms with Gasteiger partial charge in [-0.25, -0.2) is 0 Å². The molecule has 22 heavy (non-hydrogen) atoms. The number of hydrogen-bond donors (Lipinski definition) is 1. The van der Waals surface area contributed by atoms with Gasteiger partial charge in [-0.3, -0.25) is 0 Å². The monoisotopic (exact) mass is 318 g/mol. The second-order valence-corrected chi connectivity index (χ2v) is 5.93. The lowest BCUT2D eigenvalue weighted by Gasteiger charge is -2.34. The number of nitrogens with zero attached hydrogens (tertiary/aromatic N) is 1. The fourth-order valence-corrected chi connectivity index (χ4v) is 3.00. The van der Waals surface area contributed by atoms with Gasteiger partial charge in [0, 0.05) is 12.0 Å². The molecule has 0 saturated carbocycles. The van der Waals surface area contributed by atoms with E-state index in [-0.39, 0.29) is 17.8 Å². The topological polar surface area (TPSA) is 29.3 Å². The van der Waals surface area contributed by atoms with Gasteiger partial charge in [0.1, 0.15) is 0 Å². The molecule has 2 aromatic rings. The molecule has 0 fully saturated rings. The largest absolute Gasteiger partial charge is 0.329 e. The molecule has 2 aromatic carbocycles. The molecule has 3 heteroatoms. The number of nitrogens with two attached hydrogens (primary N) is 1. The van der Waals surface area contributed by atoms with Crippen LogP contribution >= 0.6 is 12.4 Å². The molecule has 2 N–H and O–H groups in total. The van der Waals surface area contributed by atoms with Crippen LogP contribution in [0.3, 0.4) is 0 Å². The first-order valence-electron chi connectivity index (χ1n) is 7.65. The van der Waals surface area contributed by atoms with Crippen LogP contribution in [0.2, 0.25) is 0 Å². The van der Waals surface area contributed by atoms with Crippen LogP contribution in [0.1, 0.15) is 24.0 Å². The minimum Gasteiger partial charge on any atom is -0.329 e. The van der Waals surface area contributed by atoms with E-state index in [9.17, 15) is 0 Å². The summed E-state index contributed by atoms with van der Waals surface area (Å²) >= 11 is 0. The number of rotatable bonds is 7. The summed E-state index contributed by atoms with van der Waals surface area (Å²) in [6.07, 6.45) is 2.20. The standard InChI is InChI=1S/C19H26N2.ClH/c1-21(2)15-9-14-19(16-20,17-10-5-3-6-11-17)18-12-7-4-8-13-18;/h3-8,10-13H,9,14-16,20H2,1-2H3;1H. The average Bonchev–Trinajstić information content (AvgIpc) is 2.53. The van der Waals surface area contributed by atoms with E-state index in [1.807, 2.05) is 0 Å². The van der Waals surface area contributed by atoms with E-state index >= 15 is 0 Å². The van der Waals surface area contributed by atoms with Crippen molar-refractivity contribution < 1.29 is 0 Å². The Bertz CT molecular complexity index is 486. The second-order valence-electron chi connectivity index (χ2n) is 5.93. The molecule has 0 aliphatic heterocycles. The third kappa shape index (κ3) is 4.33. The van der Waals surface area contributed by atoms with E-state index in [2.05, 4.69) is 79.7 Å². The molecule has 0 radical (unpaired) electrons. The summed E-state index contributed by atoms with van der Waals surface area (Å²) in [5.74, 6) is 0. The molecular formula is C19H27ClN2. The van der Waals surface area contributed by atoms with E-state index in [1.54, 1.807) is 0 Å². The van der Waals surface area contributed by atoms with Crippen LogP contribution in [0.25, 0.3) is 0 Å². The summed E-state index contributed by atoms with van der Waals surface area (Å²) < 4.78 is 0. The van der Waals surface area contributed by atoms with Crippen molar-refractivity contribution in [3.63, 3.8) is 0 Å². The summed E-state index contributed by atoms with van der Waals surface area (Å²) in [5.41, 5.74) is 8.82. The third-order valence-electron chi connectivity index (χ3n) is 4.21. The molecular weight excluding hydrogens is 292 g/mol. The SMILES string of the molecule is CN(C)CCCC(CN)(c1ccccc1)c1ccccc1.Cl. The molecule has 0 heterocycles. The van der Waals surface area contributed by atoms with Crippen LogP contribution in [0, 0.1) is 0 Å². The molecule has 0 bridgehead atoms. The van der Waals surface area contributed by atoms with E-state index in [0.717, 1.165) is 19.4 Å². The molecule has 0 amide bonds. The van der Waals surface area contributed by atoms with Crippen molar-refractivity contribution in [3.8, 4) is 0 Å². The minimum atomic E-state index is -0.0848. The van der Waals surface area contributed by atoms with Crippen LogP contribution in [-0.4, -0.2) is 32.1 Å². The number of benzene rings is 2. The molecule has 0 atom stereocenters. The highest BCUT2D eigenvalue weighted by atomic mass is 35.5. The summed E-state index contributed by atoms with van der Waals surface area (Å²) in [6, 6.07) is 21.4. The van der Waals surface area contributed by atoms with Crippen LogP contribution < -0.4 is 5.73 Å². The van der Waals surface area contributed by atoms with Gasteiger partial charge in [0.15, 0.2) is 0 Å². The van der Waals surface area contributed by atoms with Gasteiger partial charge in [0.2, 0.25) is 0 Å². The number of hydrogen-bond acceptors (Lipinski definition) is 2. The summed E-state index contributed by atoms with van der Waals surface area (Å²) in [6.45, 7) is 1.72. The Balaban J connectivity index is 0.00000242. The van der Waals surface area contributed by atoms with Crippen molar-refractivity contribution in [3.05, 3.63) is 71.8 Å². The Morgan fingerprint density at radius 3 is 1.68 bits per heavy atom. The highest BCUT2D eigenvalue weighted by molar-refractivity contribution is 5.85. The summed E-state index contributed by atoms with van der Waals surface area (Å²) in [7, 11) is 4.24. The van der Waals surface area contributed by atoms with Gasteiger partial charge in [0.05, 0.1) is 0 Å². The van der Waals surface area contributed by atoms with E-state index in [0.29, 0.717) is 6.54 Å². The Kier molecular flexibility index (Phi) is 7.60. The predicted molar refractivity (Wildman–Crippen MR) is 97.8 cm³/mol. The van der Waals surface area contributed by atoms with Crippen molar-refractivity contribution in [2.45, 2.75) is 18.3 Å². The molecule has 2 nitrogen and oxygen atoms in total. The van der Waals surface area contributed by atoms with Crippen molar-refractivity contribution in [2.75, 3.05) is 27.2 Å².